The molecule has 0 aliphatic heterocycles. The lowest BCUT2D eigenvalue weighted by molar-refractivity contribution is -0.127. The van der Waals surface area contributed by atoms with Gasteiger partial charge in [0, 0.05) is 5.56 Å². The molecule has 2 rings (SSSR count). The Balaban J connectivity index is 2.02. The molecule has 138 valence electrons. The predicted molar refractivity (Wildman–Crippen MR) is 96.9 cm³/mol. The van der Waals surface area contributed by atoms with Gasteiger partial charge in [0.1, 0.15) is 15.6 Å². The van der Waals surface area contributed by atoms with Crippen molar-refractivity contribution in [3.8, 4) is 5.75 Å². The molecule has 2 unspecified atom stereocenters. The molecule has 1 amide bonds. The number of Topliss-reactive ketones (excluding diaryl/α,β-unsaturated/α-hetero) is 1. The second-order valence-electron chi connectivity index (χ2n) is 5.85. The van der Waals surface area contributed by atoms with Crippen LogP contribution in [0.5, 0.6) is 5.75 Å². The van der Waals surface area contributed by atoms with Crippen molar-refractivity contribution in [2.45, 2.75) is 39.8 Å². The molecule has 0 aliphatic rings. The molecule has 7 nitrogen and oxygen atoms in total. The van der Waals surface area contributed by atoms with Crippen LogP contribution in [0.4, 0.5) is 0 Å². The third-order valence-corrected chi connectivity index (χ3v) is 4.99. The highest BCUT2D eigenvalue weighted by Gasteiger charge is 2.22. The summed E-state index contributed by atoms with van der Waals surface area (Å²) in [5.74, 6) is -1.07. The number of carboxylic acid groups (broad SMARTS) is 1. The number of hydrogen-bond donors (Lipinski definition) is 2. The fraction of sp³-hybridized carbons (Fsp3) is 0.333. The smallest absolute Gasteiger partial charge is 0.347 e. The molecular weight excluding hydrogens is 356 g/mol. The number of amides is 1. The summed E-state index contributed by atoms with van der Waals surface area (Å²) in [4.78, 5) is 39.2. The van der Waals surface area contributed by atoms with Crippen LogP contribution in [0.2, 0.25) is 0 Å². The van der Waals surface area contributed by atoms with Gasteiger partial charge in [0.25, 0.3) is 5.91 Å². The van der Waals surface area contributed by atoms with E-state index in [4.69, 9.17) is 9.84 Å². The Labute approximate surface area is 155 Å². The molecule has 8 heteroatoms. The number of carbonyl (C=O) groups excluding carboxylic acids is 2. The first-order valence-electron chi connectivity index (χ1n) is 7.97. The van der Waals surface area contributed by atoms with Crippen molar-refractivity contribution in [1.29, 1.82) is 0 Å². The monoisotopic (exact) mass is 376 g/mol. The number of carbonyl (C=O) groups is 3. The number of rotatable bonds is 7. The zero-order chi connectivity index (χ0) is 19.4. The molecule has 0 saturated heterocycles. The van der Waals surface area contributed by atoms with E-state index < -0.39 is 18.1 Å². The molecule has 2 atom stereocenters. The Bertz CT molecular complexity index is 846. The number of aromatic carboxylic acids is 1. The van der Waals surface area contributed by atoms with Gasteiger partial charge in [-0.3, -0.25) is 9.59 Å². The maximum atomic E-state index is 12.3. The third-order valence-electron chi connectivity index (χ3n) is 3.66. The largest absolute Gasteiger partial charge is 0.481 e. The van der Waals surface area contributed by atoms with Crippen LogP contribution in [-0.4, -0.2) is 33.9 Å². The lowest BCUT2D eigenvalue weighted by atomic mass is 10.1. The summed E-state index contributed by atoms with van der Waals surface area (Å²) in [6.07, 6.45) is -0.792. The average Bonchev–Trinajstić information content (AvgIpc) is 2.97. The molecule has 2 aromatic rings. The number of ether oxygens (including phenoxy) is 1. The molecule has 0 aliphatic carbocycles. The standard InChI is InChI=1S/C18H20N2O5S/c1-9-15(18(23)24)26-17(20-9)10(2)19-16(22)12(4)25-14-7-5-6-13(8-14)11(3)21/h5-8,10,12H,1-4H3,(H,19,22)(H,23,24). The molecule has 0 bridgehead atoms. The second-order valence-corrected chi connectivity index (χ2v) is 6.88. The molecule has 0 spiro atoms. The molecule has 1 heterocycles. The summed E-state index contributed by atoms with van der Waals surface area (Å²) >= 11 is 1.03. The summed E-state index contributed by atoms with van der Waals surface area (Å²) in [5.41, 5.74) is 0.923. The number of aryl methyl sites for hydroxylation is 1. The lowest BCUT2D eigenvalue weighted by Gasteiger charge is -2.17. The van der Waals surface area contributed by atoms with E-state index in [9.17, 15) is 14.4 Å². The van der Waals surface area contributed by atoms with Gasteiger partial charge in [-0.05, 0) is 39.8 Å². The Kier molecular flexibility index (Phi) is 6.10. The van der Waals surface area contributed by atoms with Crippen LogP contribution >= 0.6 is 11.3 Å². The Morgan fingerprint density at radius 3 is 2.54 bits per heavy atom. The normalized spacial score (nSPS) is 12.9. The highest BCUT2D eigenvalue weighted by molar-refractivity contribution is 7.13. The number of nitrogens with one attached hydrogen (secondary N) is 1. The van der Waals surface area contributed by atoms with Crippen molar-refractivity contribution >= 4 is 29.0 Å². The maximum Gasteiger partial charge on any atom is 0.347 e. The average molecular weight is 376 g/mol. The van der Waals surface area contributed by atoms with Crippen molar-refractivity contribution in [3.63, 3.8) is 0 Å². The molecular formula is C18H20N2O5S. The topological polar surface area (TPSA) is 106 Å². The number of hydrogen-bond acceptors (Lipinski definition) is 6. The van der Waals surface area contributed by atoms with Crippen molar-refractivity contribution in [2.75, 3.05) is 0 Å². The minimum Gasteiger partial charge on any atom is -0.481 e. The lowest BCUT2D eigenvalue weighted by Crippen LogP contribution is -2.37. The quantitative estimate of drug-likeness (QED) is 0.720. The van der Waals surface area contributed by atoms with E-state index in [0.29, 0.717) is 22.0 Å². The van der Waals surface area contributed by atoms with Crippen LogP contribution in [0.15, 0.2) is 24.3 Å². The van der Waals surface area contributed by atoms with Crippen molar-refractivity contribution in [2.24, 2.45) is 0 Å². The number of carboxylic acids is 1. The minimum atomic E-state index is -1.04. The van der Waals surface area contributed by atoms with E-state index in [2.05, 4.69) is 10.3 Å². The SMILES string of the molecule is CC(=O)c1cccc(OC(C)C(=O)NC(C)c2nc(C)c(C(=O)O)s2)c1. The fourth-order valence-electron chi connectivity index (χ4n) is 2.24. The summed E-state index contributed by atoms with van der Waals surface area (Å²) in [6.45, 7) is 6.40. The maximum absolute atomic E-state index is 12.3. The first-order chi connectivity index (χ1) is 12.2. The summed E-state index contributed by atoms with van der Waals surface area (Å²) in [7, 11) is 0. The zero-order valence-electron chi connectivity index (χ0n) is 14.9. The number of ketones is 1. The van der Waals surface area contributed by atoms with Gasteiger partial charge >= 0.3 is 5.97 Å². The molecule has 1 aromatic heterocycles. The van der Waals surface area contributed by atoms with Gasteiger partial charge in [-0.15, -0.1) is 11.3 Å². The summed E-state index contributed by atoms with van der Waals surface area (Å²) in [5, 5.41) is 12.4. The molecule has 0 fully saturated rings. The molecule has 0 saturated carbocycles. The number of thiazole rings is 1. The van der Waals surface area contributed by atoms with Crippen molar-refractivity contribution in [3.05, 3.63) is 45.4 Å². The summed E-state index contributed by atoms with van der Waals surface area (Å²) < 4.78 is 5.60. The van der Waals surface area contributed by atoms with Gasteiger partial charge in [0.15, 0.2) is 11.9 Å². The van der Waals surface area contributed by atoms with Crippen LogP contribution in [-0.2, 0) is 4.79 Å². The van der Waals surface area contributed by atoms with Gasteiger partial charge in [0.05, 0.1) is 11.7 Å². The third kappa shape index (κ3) is 4.66. The molecule has 0 radical (unpaired) electrons. The molecule has 26 heavy (non-hydrogen) atoms. The van der Waals surface area contributed by atoms with Gasteiger partial charge < -0.3 is 15.2 Å². The Hall–Kier alpha value is -2.74. The van der Waals surface area contributed by atoms with E-state index >= 15 is 0 Å². The van der Waals surface area contributed by atoms with Gasteiger partial charge in [-0.1, -0.05) is 12.1 Å². The molecule has 2 N–H and O–H groups in total. The van der Waals surface area contributed by atoms with Crippen LogP contribution in [0.1, 0.15) is 57.5 Å². The van der Waals surface area contributed by atoms with Crippen LogP contribution in [0, 0.1) is 6.92 Å². The van der Waals surface area contributed by atoms with Crippen LogP contribution < -0.4 is 10.1 Å². The Morgan fingerprint density at radius 1 is 1.27 bits per heavy atom. The minimum absolute atomic E-state index is 0.0884. The number of aromatic nitrogens is 1. The number of nitrogens with zero attached hydrogens (tertiary/aromatic N) is 1. The van der Waals surface area contributed by atoms with Gasteiger partial charge in [0.2, 0.25) is 0 Å². The fourth-order valence-corrected chi connectivity index (χ4v) is 3.15. The first kappa shape index (κ1) is 19.6. The van der Waals surface area contributed by atoms with E-state index in [1.807, 2.05) is 0 Å². The van der Waals surface area contributed by atoms with Gasteiger partial charge in [-0.25, -0.2) is 9.78 Å². The van der Waals surface area contributed by atoms with Gasteiger partial charge in [-0.2, -0.15) is 0 Å². The van der Waals surface area contributed by atoms with E-state index in [1.165, 1.54) is 6.92 Å². The van der Waals surface area contributed by atoms with E-state index in [1.54, 1.807) is 45.0 Å². The Morgan fingerprint density at radius 2 is 1.96 bits per heavy atom. The molecule has 1 aromatic carbocycles. The van der Waals surface area contributed by atoms with Crippen LogP contribution in [0.3, 0.4) is 0 Å². The van der Waals surface area contributed by atoms with Crippen LogP contribution in [0.25, 0.3) is 0 Å². The van der Waals surface area contributed by atoms with E-state index in [-0.39, 0.29) is 16.6 Å². The first-order valence-corrected chi connectivity index (χ1v) is 8.79. The predicted octanol–water partition coefficient (Wildman–Crippen LogP) is 3.00. The highest BCUT2D eigenvalue weighted by atomic mass is 32.1. The van der Waals surface area contributed by atoms with Crippen molar-refractivity contribution < 1.29 is 24.2 Å². The highest BCUT2D eigenvalue weighted by Crippen LogP contribution is 2.24. The second kappa shape index (κ2) is 8.09. The van der Waals surface area contributed by atoms with E-state index in [0.717, 1.165) is 11.3 Å². The van der Waals surface area contributed by atoms with Crippen molar-refractivity contribution in [1.82, 2.24) is 10.3 Å². The zero-order valence-corrected chi connectivity index (χ0v) is 15.7. The number of benzene rings is 1. The summed E-state index contributed by atoms with van der Waals surface area (Å²) in [6, 6.07) is 6.16.